The SMILES string of the molecule is C=CCS/C(C=C)=C\C. The Morgan fingerprint density at radius 3 is 2.56 bits per heavy atom. The molecule has 0 amide bonds. The van der Waals surface area contributed by atoms with Gasteiger partial charge in [-0.3, -0.25) is 0 Å². The molecule has 0 aromatic heterocycles. The van der Waals surface area contributed by atoms with Crippen molar-refractivity contribution in [3.05, 3.63) is 36.3 Å². The van der Waals surface area contributed by atoms with E-state index in [0.717, 1.165) is 5.75 Å². The Bertz CT molecular complexity index is 123. The van der Waals surface area contributed by atoms with Crippen molar-refractivity contribution in [2.24, 2.45) is 0 Å². The Hall–Kier alpha value is -0.430. The number of allylic oxidation sites excluding steroid dienone is 2. The Morgan fingerprint density at radius 1 is 1.56 bits per heavy atom. The molecule has 0 aromatic rings. The minimum Gasteiger partial charge on any atom is -0.122 e. The van der Waals surface area contributed by atoms with Gasteiger partial charge < -0.3 is 0 Å². The second-order valence-electron chi connectivity index (χ2n) is 1.49. The summed E-state index contributed by atoms with van der Waals surface area (Å²) < 4.78 is 0. The first-order valence-corrected chi connectivity index (χ1v) is 3.86. The molecule has 0 heterocycles. The summed E-state index contributed by atoms with van der Waals surface area (Å²) in [5.41, 5.74) is 0. The number of hydrogen-bond donors (Lipinski definition) is 0. The molecule has 0 unspecified atom stereocenters. The summed E-state index contributed by atoms with van der Waals surface area (Å²) in [6.45, 7) is 9.29. The van der Waals surface area contributed by atoms with Crippen LogP contribution in [-0.4, -0.2) is 5.75 Å². The highest BCUT2D eigenvalue weighted by molar-refractivity contribution is 8.03. The largest absolute Gasteiger partial charge is 0.122 e. The maximum absolute atomic E-state index is 3.66. The summed E-state index contributed by atoms with van der Waals surface area (Å²) in [6.07, 6.45) is 5.78. The Labute approximate surface area is 61.3 Å². The van der Waals surface area contributed by atoms with Crippen molar-refractivity contribution in [2.75, 3.05) is 5.75 Å². The molecular formula is C8H12S. The van der Waals surface area contributed by atoms with Gasteiger partial charge in [-0.2, -0.15) is 0 Å². The molecule has 0 rings (SSSR count). The molecule has 0 bridgehead atoms. The quantitative estimate of drug-likeness (QED) is 0.427. The highest BCUT2D eigenvalue weighted by Crippen LogP contribution is 2.15. The van der Waals surface area contributed by atoms with Crippen LogP contribution >= 0.6 is 11.8 Å². The third kappa shape index (κ3) is 4.10. The van der Waals surface area contributed by atoms with Crippen LogP contribution < -0.4 is 0 Å². The number of rotatable bonds is 4. The average Bonchev–Trinajstić information content (AvgIpc) is 1.91. The van der Waals surface area contributed by atoms with Crippen molar-refractivity contribution in [2.45, 2.75) is 6.92 Å². The summed E-state index contributed by atoms with van der Waals surface area (Å²) >= 11 is 1.75. The predicted molar refractivity (Wildman–Crippen MR) is 46.6 cm³/mol. The summed E-state index contributed by atoms with van der Waals surface area (Å²) in [7, 11) is 0. The molecule has 1 heteroatoms. The molecule has 0 atom stereocenters. The smallest absolute Gasteiger partial charge is 0.0158 e. The lowest BCUT2D eigenvalue weighted by molar-refractivity contribution is 1.70. The molecular weight excluding hydrogens is 128 g/mol. The Morgan fingerprint density at radius 2 is 2.22 bits per heavy atom. The molecule has 0 aromatic carbocycles. The van der Waals surface area contributed by atoms with Crippen LogP contribution in [-0.2, 0) is 0 Å². The average molecular weight is 140 g/mol. The zero-order valence-electron chi connectivity index (χ0n) is 5.76. The topological polar surface area (TPSA) is 0 Å². The van der Waals surface area contributed by atoms with Crippen LogP contribution in [0.3, 0.4) is 0 Å². The molecule has 0 fully saturated rings. The zero-order valence-corrected chi connectivity index (χ0v) is 6.58. The van der Waals surface area contributed by atoms with Crippen molar-refractivity contribution in [3.8, 4) is 0 Å². The minimum absolute atomic E-state index is 0.964. The van der Waals surface area contributed by atoms with Crippen LogP contribution in [0.4, 0.5) is 0 Å². The van der Waals surface area contributed by atoms with Gasteiger partial charge in [0.25, 0.3) is 0 Å². The summed E-state index contributed by atoms with van der Waals surface area (Å²) in [5.74, 6) is 0.964. The Kier molecular flexibility index (Phi) is 5.43. The molecule has 0 nitrogen and oxygen atoms in total. The van der Waals surface area contributed by atoms with Gasteiger partial charge >= 0.3 is 0 Å². The van der Waals surface area contributed by atoms with Gasteiger partial charge in [-0.1, -0.05) is 24.8 Å². The van der Waals surface area contributed by atoms with E-state index in [2.05, 4.69) is 13.2 Å². The lowest BCUT2D eigenvalue weighted by Crippen LogP contribution is -1.70. The van der Waals surface area contributed by atoms with Crippen molar-refractivity contribution in [1.82, 2.24) is 0 Å². The van der Waals surface area contributed by atoms with Gasteiger partial charge in [0.2, 0.25) is 0 Å². The fourth-order valence-corrected chi connectivity index (χ4v) is 1.01. The summed E-state index contributed by atoms with van der Waals surface area (Å²) in [6, 6.07) is 0. The van der Waals surface area contributed by atoms with E-state index in [1.165, 1.54) is 4.91 Å². The highest BCUT2D eigenvalue weighted by Gasteiger charge is 1.85. The van der Waals surface area contributed by atoms with E-state index in [1.807, 2.05) is 25.2 Å². The Balaban J connectivity index is 3.57. The van der Waals surface area contributed by atoms with Crippen LogP contribution in [0.5, 0.6) is 0 Å². The first kappa shape index (κ1) is 8.57. The van der Waals surface area contributed by atoms with Gasteiger partial charge in [0.1, 0.15) is 0 Å². The van der Waals surface area contributed by atoms with E-state index >= 15 is 0 Å². The molecule has 0 aliphatic rings. The van der Waals surface area contributed by atoms with E-state index in [9.17, 15) is 0 Å². The predicted octanol–water partition coefficient (Wildman–Crippen LogP) is 3.00. The minimum atomic E-state index is 0.964. The molecule has 0 N–H and O–H groups in total. The highest BCUT2D eigenvalue weighted by atomic mass is 32.2. The van der Waals surface area contributed by atoms with Crippen LogP contribution in [0, 0.1) is 0 Å². The molecule has 0 radical (unpaired) electrons. The number of thioether (sulfide) groups is 1. The van der Waals surface area contributed by atoms with E-state index in [1.54, 1.807) is 11.8 Å². The van der Waals surface area contributed by atoms with Crippen molar-refractivity contribution in [3.63, 3.8) is 0 Å². The molecule has 0 saturated carbocycles. The van der Waals surface area contributed by atoms with Gasteiger partial charge in [-0.25, -0.2) is 0 Å². The van der Waals surface area contributed by atoms with Gasteiger partial charge in [0.05, 0.1) is 0 Å². The fourth-order valence-electron chi connectivity index (χ4n) is 0.415. The lowest BCUT2D eigenvalue weighted by Gasteiger charge is -1.94. The molecule has 0 saturated heterocycles. The first-order valence-electron chi connectivity index (χ1n) is 2.87. The van der Waals surface area contributed by atoms with Gasteiger partial charge in [0.15, 0.2) is 0 Å². The summed E-state index contributed by atoms with van der Waals surface area (Å²) in [4.78, 5) is 1.22. The van der Waals surface area contributed by atoms with Crippen molar-refractivity contribution in [1.29, 1.82) is 0 Å². The molecule has 50 valence electrons. The van der Waals surface area contributed by atoms with Gasteiger partial charge in [-0.05, 0) is 6.92 Å². The first-order chi connectivity index (χ1) is 4.35. The van der Waals surface area contributed by atoms with Crippen LogP contribution in [0.25, 0.3) is 0 Å². The second-order valence-corrected chi connectivity index (χ2v) is 2.59. The van der Waals surface area contributed by atoms with E-state index in [0.29, 0.717) is 0 Å². The zero-order chi connectivity index (χ0) is 7.11. The van der Waals surface area contributed by atoms with Crippen LogP contribution in [0.1, 0.15) is 6.92 Å². The van der Waals surface area contributed by atoms with Crippen LogP contribution in [0.2, 0.25) is 0 Å². The maximum atomic E-state index is 3.66. The third-order valence-electron chi connectivity index (χ3n) is 0.854. The van der Waals surface area contributed by atoms with Gasteiger partial charge in [0, 0.05) is 10.7 Å². The van der Waals surface area contributed by atoms with E-state index < -0.39 is 0 Å². The van der Waals surface area contributed by atoms with E-state index in [-0.39, 0.29) is 0 Å². The van der Waals surface area contributed by atoms with Crippen LogP contribution in [0.15, 0.2) is 36.3 Å². The van der Waals surface area contributed by atoms with Gasteiger partial charge in [-0.15, -0.1) is 18.3 Å². The molecule has 0 aliphatic heterocycles. The summed E-state index contributed by atoms with van der Waals surface area (Å²) in [5, 5.41) is 0. The van der Waals surface area contributed by atoms with Crippen molar-refractivity contribution >= 4 is 11.8 Å². The second kappa shape index (κ2) is 5.70. The molecule has 0 spiro atoms. The molecule has 0 aliphatic carbocycles. The monoisotopic (exact) mass is 140 g/mol. The third-order valence-corrected chi connectivity index (χ3v) is 1.99. The fraction of sp³-hybridized carbons (Fsp3) is 0.250. The van der Waals surface area contributed by atoms with Crippen molar-refractivity contribution < 1.29 is 0 Å². The lowest BCUT2D eigenvalue weighted by atomic mass is 10.5. The maximum Gasteiger partial charge on any atom is 0.0158 e. The number of hydrogen-bond acceptors (Lipinski definition) is 1. The standard InChI is InChI=1S/C8H12S/c1-4-7-9-8(5-2)6-3/h4-6H,1-2,7H2,3H3/b8-6-. The normalized spacial score (nSPS) is 11.0. The van der Waals surface area contributed by atoms with E-state index in [4.69, 9.17) is 0 Å². The molecule has 9 heavy (non-hydrogen) atoms.